The van der Waals surface area contributed by atoms with E-state index in [1.165, 1.54) is 6.33 Å². The average molecular weight is 417 g/mol. The molecule has 8 nitrogen and oxygen atoms in total. The minimum absolute atomic E-state index is 0.279. The molecule has 1 aliphatic rings. The van der Waals surface area contributed by atoms with Crippen LogP contribution in [0.2, 0.25) is 0 Å². The Bertz CT molecular complexity index is 1150. The molecule has 2 heterocycles. The molecule has 1 aliphatic heterocycles. The maximum absolute atomic E-state index is 13.5. The number of carbonyl (C=O) groups is 1. The number of fused-ring (bicyclic) bond motifs is 1. The number of amides is 1. The molecule has 0 aliphatic carbocycles. The Hall–Kier alpha value is -4.07. The lowest BCUT2D eigenvalue weighted by molar-refractivity contribution is -0.113. The van der Waals surface area contributed by atoms with Gasteiger partial charge in [-0.25, -0.2) is 4.68 Å². The first-order chi connectivity index (χ1) is 15.1. The third kappa shape index (κ3) is 3.87. The van der Waals surface area contributed by atoms with Crippen LogP contribution in [0.3, 0.4) is 0 Å². The molecule has 0 fully saturated rings. The minimum atomic E-state index is -0.533. The van der Waals surface area contributed by atoms with Gasteiger partial charge in [-0.1, -0.05) is 43.0 Å². The van der Waals surface area contributed by atoms with Gasteiger partial charge in [0, 0.05) is 11.3 Å². The molecule has 2 aromatic carbocycles. The highest BCUT2D eigenvalue weighted by molar-refractivity contribution is 6.06. The van der Waals surface area contributed by atoms with Crippen molar-refractivity contribution in [3.05, 3.63) is 84.3 Å². The number of nitrogens with one attached hydrogen (secondary N) is 2. The van der Waals surface area contributed by atoms with E-state index in [1.54, 1.807) is 30.0 Å². The van der Waals surface area contributed by atoms with Gasteiger partial charge in [-0.05, 0) is 25.1 Å². The molecule has 1 unspecified atom stereocenters. The van der Waals surface area contributed by atoms with E-state index in [-0.39, 0.29) is 5.91 Å². The van der Waals surface area contributed by atoms with E-state index in [0.29, 0.717) is 41.0 Å². The predicted molar refractivity (Wildman–Crippen MR) is 118 cm³/mol. The summed E-state index contributed by atoms with van der Waals surface area (Å²) in [7, 11) is 1.56. The van der Waals surface area contributed by atoms with Gasteiger partial charge < -0.3 is 20.1 Å². The van der Waals surface area contributed by atoms with Crippen molar-refractivity contribution in [2.45, 2.75) is 13.0 Å². The molecular weight excluding hydrogens is 394 g/mol. The minimum Gasteiger partial charge on any atom is -0.495 e. The molecule has 31 heavy (non-hydrogen) atoms. The maximum Gasteiger partial charge on any atom is 0.255 e. The van der Waals surface area contributed by atoms with E-state index in [9.17, 15) is 4.79 Å². The Balaban J connectivity index is 1.79. The SMILES string of the molecule is C=CCOc1ccccc1C1C(C(=O)Nc2ccccc2OC)=C(C)Nc2ncnn21. The second kappa shape index (κ2) is 8.74. The van der Waals surface area contributed by atoms with E-state index in [1.807, 2.05) is 43.3 Å². The van der Waals surface area contributed by atoms with Gasteiger partial charge >= 0.3 is 0 Å². The van der Waals surface area contributed by atoms with Gasteiger partial charge in [0.25, 0.3) is 5.91 Å². The Morgan fingerprint density at radius 3 is 2.74 bits per heavy atom. The quantitative estimate of drug-likeness (QED) is 0.569. The van der Waals surface area contributed by atoms with Crippen molar-refractivity contribution in [3.63, 3.8) is 0 Å². The van der Waals surface area contributed by atoms with Crippen molar-refractivity contribution in [1.29, 1.82) is 0 Å². The first kappa shape index (κ1) is 20.2. The van der Waals surface area contributed by atoms with Crippen molar-refractivity contribution in [2.75, 3.05) is 24.4 Å². The third-order valence-electron chi connectivity index (χ3n) is 4.96. The molecule has 2 N–H and O–H groups in total. The van der Waals surface area contributed by atoms with Crippen molar-refractivity contribution < 1.29 is 14.3 Å². The highest BCUT2D eigenvalue weighted by Crippen LogP contribution is 2.39. The topological polar surface area (TPSA) is 90.3 Å². The van der Waals surface area contributed by atoms with Crippen molar-refractivity contribution in [1.82, 2.24) is 14.8 Å². The standard InChI is InChI=1S/C23H23N5O3/c1-4-13-31-18-11-7-5-9-16(18)21-20(15(2)26-23-24-14-25-28(21)23)22(29)27-17-10-6-8-12-19(17)30-3/h4-12,14,21H,1,13H2,2-3H3,(H,27,29)(H,24,25,26). The molecule has 1 aromatic heterocycles. The normalized spacial score (nSPS) is 15.0. The van der Waals surface area contributed by atoms with Crippen LogP contribution >= 0.6 is 0 Å². The van der Waals surface area contributed by atoms with Crippen LogP contribution < -0.4 is 20.1 Å². The van der Waals surface area contributed by atoms with Gasteiger partial charge in [0.05, 0.1) is 18.4 Å². The Morgan fingerprint density at radius 1 is 1.23 bits per heavy atom. The summed E-state index contributed by atoms with van der Waals surface area (Å²) in [4.78, 5) is 17.8. The number of carbonyl (C=O) groups excluding carboxylic acids is 1. The van der Waals surface area contributed by atoms with Gasteiger partial charge in [-0.2, -0.15) is 10.1 Å². The number of hydrogen-bond acceptors (Lipinski definition) is 6. The van der Waals surface area contributed by atoms with Gasteiger partial charge in [0.2, 0.25) is 5.95 Å². The molecule has 0 saturated heterocycles. The Kier molecular flexibility index (Phi) is 5.70. The van der Waals surface area contributed by atoms with Crippen LogP contribution in [0.5, 0.6) is 11.5 Å². The fraction of sp³-hybridized carbons (Fsp3) is 0.174. The van der Waals surface area contributed by atoms with Gasteiger partial charge in [-0.15, -0.1) is 0 Å². The van der Waals surface area contributed by atoms with Crippen LogP contribution in [0, 0.1) is 0 Å². The van der Waals surface area contributed by atoms with Crippen LogP contribution in [-0.2, 0) is 4.79 Å². The fourth-order valence-electron chi connectivity index (χ4n) is 3.60. The highest BCUT2D eigenvalue weighted by Gasteiger charge is 2.35. The number of benzene rings is 2. The number of anilines is 2. The molecule has 3 aromatic rings. The zero-order valence-corrected chi connectivity index (χ0v) is 17.3. The van der Waals surface area contributed by atoms with Crippen LogP contribution in [0.1, 0.15) is 18.5 Å². The molecule has 4 rings (SSSR count). The van der Waals surface area contributed by atoms with E-state index < -0.39 is 6.04 Å². The largest absolute Gasteiger partial charge is 0.495 e. The monoisotopic (exact) mass is 417 g/mol. The van der Waals surface area contributed by atoms with Crippen LogP contribution in [0.15, 0.2) is 78.8 Å². The summed E-state index contributed by atoms with van der Waals surface area (Å²) >= 11 is 0. The lowest BCUT2D eigenvalue weighted by Gasteiger charge is -2.29. The van der Waals surface area contributed by atoms with E-state index >= 15 is 0 Å². The summed E-state index contributed by atoms with van der Waals surface area (Å²) in [6, 6.07) is 14.3. The number of aromatic nitrogens is 3. The first-order valence-electron chi connectivity index (χ1n) is 9.78. The summed E-state index contributed by atoms with van der Waals surface area (Å²) < 4.78 is 12.9. The molecule has 0 spiro atoms. The number of allylic oxidation sites excluding steroid dienone is 1. The van der Waals surface area contributed by atoms with Crippen LogP contribution in [-0.4, -0.2) is 34.4 Å². The zero-order valence-electron chi connectivity index (χ0n) is 17.3. The lowest BCUT2D eigenvalue weighted by atomic mass is 9.94. The molecule has 0 saturated carbocycles. The van der Waals surface area contributed by atoms with E-state index in [2.05, 4.69) is 27.3 Å². The maximum atomic E-state index is 13.5. The van der Waals surface area contributed by atoms with E-state index in [0.717, 1.165) is 5.56 Å². The molecule has 0 radical (unpaired) electrons. The highest BCUT2D eigenvalue weighted by atomic mass is 16.5. The third-order valence-corrected chi connectivity index (χ3v) is 4.96. The molecule has 1 atom stereocenters. The molecule has 158 valence electrons. The first-order valence-corrected chi connectivity index (χ1v) is 9.78. The summed E-state index contributed by atoms with van der Waals surface area (Å²) in [6.45, 7) is 5.90. The number of hydrogen-bond donors (Lipinski definition) is 2. The number of nitrogens with zero attached hydrogens (tertiary/aromatic N) is 3. The average Bonchev–Trinajstić information content (AvgIpc) is 3.25. The van der Waals surface area contributed by atoms with E-state index in [4.69, 9.17) is 9.47 Å². The van der Waals surface area contributed by atoms with Gasteiger partial charge in [0.15, 0.2) is 0 Å². The van der Waals surface area contributed by atoms with Crippen molar-refractivity contribution >= 4 is 17.5 Å². The molecular formula is C23H23N5O3. The van der Waals surface area contributed by atoms with Crippen molar-refractivity contribution in [3.8, 4) is 11.5 Å². The Labute approximate surface area is 180 Å². The lowest BCUT2D eigenvalue weighted by Crippen LogP contribution is -2.31. The van der Waals surface area contributed by atoms with Crippen LogP contribution in [0.4, 0.5) is 11.6 Å². The summed E-state index contributed by atoms with van der Waals surface area (Å²) in [6.07, 6.45) is 3.13. The van der Waals surface area contributed by atoms with Crippen LogP contribution in [0.25, 0.3) is 0 Å². The summed E-state index contributed by atoms with van der Waals surface area (Å²) in [5.41, 5.74) is 2.55. The van der Waals surface area contributed by atoms with Gasteiger partial charge in [-0.3, -0.25) is 4.79 Å². The molecule has 1 amide bonds. The summed E-state index contributed by atoms with van der Waals surface area (Å²) in [5.74, 6) is 1.49. The fourth-order valence-corrected chi connectivity index (χ4v) is 3.60. The predicted octanol–water partition coefficient (Wildman–Crippen LogP) is 3.78. The smallest absolute Gasteiger partial charge is 0.255 e. The number of methoxy groups -OCH3 is 1. The zero-order chi connectivity index (χ0) is 21.8. The van der Waals surface area contributed by atoms with Gasteiger partial charge in [0.1, 0.15) is 30.5 Å². The molecule has 0 bridgehead atoms. The Morgan fingerprint density at radius 2 is 1.97 bits per heavy atom. The van der Waals surface area contributed by atoms with Crippen molar-refractivity contribution in [2.24, 2.45) is 0 Å². The number of ether oxygens (including phenoxy) is 2. The number of para-hydroxylation sites is 3. The number of rotatable bonds is 7. The molecule has 8 heteroatoms. The second-order valence-corrected chi connectivity index (χ2v) is 6.89. The summed E-state index contributed by atoms with van der Waals surface area (Å²) in [5, 5.41) is 10.5. The second-order valence-electron chi connectivity index (χ2n) is 6.89.